The topological polar surface area (TPSA) is 129 Å². The normalized spacial score (nSPS) is 11.8. The second kappa shape index (κ2) is 6.21. The molecule has 0 spiro atoms. The van der Waals surface area contributed by atoms with Gasteiger partial charge in [0.2, 0.25) is 0 Å². The molecule has 132 valence electrons. The van der Waals surface area contributed by atoms with E-state index in [-0.39, 0.29) is 38.6 Å². The van der Waals surface area contributed by atoms with E-state index >= 15 is 0 Å². The van der Waals surface area contributed by atoms with Crippen LogP contribution in [-0.4, -0.2) is 27.9 Å². The van der Waals surface area contributed by atoms with Crippen LogP contribution >= 0.6 is 11.6 Å². The molecule has 0 aliphatic rings. The van der Waals surface area contributed by atoms with Crippen LogP contribution in [0, 0.1) is 0 Å². The van der Waals surface area contributed by atoms with E-state index < -0.39 is 10.0 Å². The number of nitrogens with two attached hydrogens (primary N) is 1. The largest absolute Gasteiger partial charge is 0.507 e. The molecule has 0 aliphatic carbocycles. The number of nitrogens with zero attached hydrogens (tertiary/aromatic N) is 2. The van der Waals surface area contributed by atoms with E-state index in [2.05, 4.69) is 0 Å². The Kier molecular flexibility index (Phi) is 4.35. The van der Waals surface area contributed by atoms with Crippen molar-refractivity contribution >= 4 is 38.2 Å². The lowest BCUT2D eigenvalue weighted by molar-refractivity contribution is 0.0291. The van der Waals surface area contributed by atoms with E-state index in [0.29, 0.717) is 10.9 Å². The zero-order chi connectivity index (χ0) is 18.4. The number of aromatic nitrogens is 1. The Hall–Kier alpha value is -2.30. The van der Waals surface area contributed by atoms with Gasteiger partial charge < -0.3 is 10.8 Å². The van der Waals surface area contributed by atoms with Crippen molar-refractivity contribution in [1.29, 1.82) is 0 Å². The summed E-state index contributed by atoms with van der Waals surface area (Å²) in [6.07, 6.45) is 1.32. The highest BCUT2D eigenvalue weighted by Gasteiger charge is 2.23. The van der Waals surface area contributed by atoms with Gasteiger partial charge in [-0.1, -0.05) is 17.7 Å². The molecule has 3 rings (SSSR count). The predicted molar refractivity (Wildman–Crippen MR) is 91.6 cm³/mol. The molecule has 0 saturated heterocycles. The first-order valence-electron chi connectivity index (χ1n) is 7.02. The van der Waals surface area contributed by atoms with Crippen LogP contribution in [0.15, 0.2) is 47.5 Å². The number of hydrogen-bond acceptors (Lipinski definition) is 7. The quantitative estimate of drug-likeness (QED) is 0.508. The number of fused-ring (bicyclic) bond motifs is 1. The second-order valence-corrected chi connectivity index (χ2v) is 7.46. The van der Waals surface area contributed by atoms with Crippen LogP contribution in [0.5, 0.6) is 5.75 Å². The van der Waals surface area contributed by atoms with Crippen LogP contribution in [0.3, 0.4) is 0 Å². The molecule has 0 aliphatic heterocycles. The summed E-state index contributed by atoms with van der Waals surface area (Å²) in [7, 11) is -4.10. The van der Waals surface area contributed by atoms with E-state index in [1.165, 1.54) is 36.5 Å². The smallest absolute Gasteiger partial charge is 0.268 e. The number of halogens is 1. The summed E-state index contributed by atoms with van der Waals surface area (Å²) in [4.78, 5) is -0.219. The lowest BCUT2D eigenvalue weighted by Crippen LogP contribution is -2.15. The average molecular weight is 384 g/mol. The standard InChI is InChI=1S/C15H14ClN3O5S/c16-11-5-4-10(6-13(11)19(21)22)25(23,24)18-8-9(7-17)15-12(18)2-1-3-14(15)20/h1-6,8,20-22H,7,17H2. The number of hydrogen-bond donors (Lipinski definition) is 4. The van der Waals surface area contributed by atoms with Crippen molar-refractivity contribution in [3.8, 4) is 5.75 Å². The van der Waals surface area contributed by atoms with Crippen LogP contribution in [0.25, 0.3) is 10.9 Å². The molecular formula is C15H14ClN3O5S. The van der Waals surface area contributed by atoms with Gasteiger partial charge in [-0.2, -0.15) is 0 Å². The molecule has 8 nitrogen and oxygen atoms in total. The number of anilines is 1. The molecule has 1 aromatic heterocycles. The summed E-state index contributed by atoms with van der Waals surface area (Å²) in [5.74, 6) is -0.0828. The third kappa shape index (κ3) is 2.81. The molecule has 0 unspecified atom stereocenters. The maximum atomic E-state index is 13.0. The Bertz CT molecular complexity index is 1060. The monoisotopic (exact) mass is 383 g/mol. The minimum Gasteiger partial charge on any atom is -0.507 e. The molecule has 0 saturated carbocycles. The first-order valence-corrected chi connectivity index (χ1v) is 8.84. The van der Waals surface area contributed by atoms with Gasteiger partial charge in [0.1, 0.15) is 11.4 Å². The summed E-state index contributed by atoms with van der Waals surface area (Å²) >= 11 is 5.82. The number of rotatable bonds is 4. The second-order valence-electron chi connectivity index (χ2n) is 5.23. The van der Waals surface area contributed by atoms with Crippen molar-refractivity contribution in [2.45, 2.75) is 11.4 Å². The fraction of sp³-hybridized carbons (Fsp3) is 0.0667. The van der Waals surface area contributed by atoms with Gasteiger partial charge in [0.25, 0.3) is 10.0 Å². The van der Waals surface area contributed by atoms with Gasteiger partial charge in [0.05, 0.1) is 15.4 Å². The highest BCUT2D eigenvalue weighted by molar-refractivity contribution is 7.90. The summed E-state index contributed by atoms with van der Waals surface area (Å²) in [5.41, 5.74) is 6.07. The van der Waals surface area contributed by atoms with E-state index in [1.807, 2.05) is 0 Å². The van der Waals surface area contributed by atoms with Gasteiger partial charge in [0, 0.05) is 18.1 Å². The molecule has 10 heteroatoms. The van der Waals surface area contributed by atoms with Crippen molar-refractivity contribution in [1.82, 2.24) is 3.97 Å². The van der Waals surface area contributed by atoms with Gasteiger partial charge in [-0.25, -0.2) is 12.4 Å². The number of phenolic OH excluding ortho intramolecular Hbond substituents is 1. The highest BCUT2D eigenvalue weighted by atomic mass is 35.5. The maximum absolute atomic E-state index is 13.0. The third-order valence-corrected chi connectivity index (χ3v) is 5.75. The van der Waals surface area contributed by atoms with E-state index in [9.17, 15) is 13.5 Å². The van der Waals surface area contributed by atoms with Crippen LogP contribution in [-0.2, 0) is 16.6 Å². The van der Waals surface area contributed by atoms with Gasteiger partial charge in [-0.15, -0.1) is 5.23 Å². The molecule has 3 aromatic rings. The van der Waals surface area contributed by atoms with Crippen LogP contribution in [0.1, 0.15) is 5.56 Å². The van der Waals surface area contributed by atoms with E-state index in [0.717, 1.165) is 10.0 Å². The third-order valence-electron chi connectivity index (χ3n) is 3.76. The van der Waals surface area contributed by atoms with Crippen LogP contribution in [0.4, 0.5) is 5.69 Å². The number of aromatic hydroxyl groups is 1. The summed E-state index contributed by atoms with van der Waals surface area (Å²) in [6.45, 7) is 0.0313. The van der Waals surface area contributed by atoms with Gasteiger partial charge in [-0.3, -0.25) is 10.4 Å². The average Bonchev–Trinajstić information content (AvgIpc) is 2.95. The van der Waals surface area contributed by atoms with Crippen LogP contribution in [0.2, 0.25) is 5.02 Å². The molecule has 25 heavy (non-hydrogen) atoms. The molecular weight excluding hydrogens is 370 g/mol. The Morgan fingerprint density at radius 1 is 1.20 bits per heavy atom. The van der Waals surface area contributed by atoms with Gasteiger partial charge >= 0.3 is 0 Å². The molecule has 1 heterocycles. The molecule has 0 atom stereocenters. The fourth-order valence-corrected chi connectivity index (χ4v) is 4.19. The van der Waals surface area contributed by atoms with Crippen molar-refractivity contribution in [3.63, 3.8) is 0 Å². The lowest BCUT2D eigenvalue weighted by atomic mass is 10.1. The zero-order valence-corrected chi connectivity index (χ0v) is 14.2. The Labute approximate surface area is 147 Å². The molecule has 0 bridgehead atoms. The zero-order valence-electron chi connectivity index (χ0n) is 12.7. The molecule has 0 fully saturated rings. The Balaban J connectivity index is 2.28. The van der Waals surface area contributed by atoms with Crippen molar-refractivity contribution in [3.05, 3.63) is 53.2 Å². The minimum atomic E-state index is -4.10. The van der Waals surface area contributed by atoms with E-state index in [1.54, 1.807) is 0 Å². The summed E-state index contributed by atoms with van der Waals surface area (Å²) < 4.78 is 27.0. The van der Waals surface area contributed by atoms with Gasteiger partial charge in [-0.05, 0) is 35.9 Å². The SMILES string of the molecule is NCc1cn(S(=O)(=O)c2ccc(Cl)c(N(O)O)c2)c2cccc(O)c12. The summed E-state index contributed by atoms with van der Waals surface area (Å²) in [5, 5.41) is 28.4. The lowest BCUT2D eigenvalue weighted by Gasteiger charge is -2.13. The van der Waals surface area contributed by atoms with Crippen LogP contribution < -0.4 is 11.0 Å². The molecule has 2 aromatic carbocycles. The minimum absolute atomic E-state index is 0.0313. The number of benzene rings is 2. The Morgan fingerprint density at radius 2 is 1.92 bits per heavy atom. The number of phenols is 1. The predicted octanol–water partition coefficient (Wildman–Crippen LogP) is 2.28. The maximum Gasteiger partial charge on any atom is 0.268 e. The first-order chi connectivity index (χ1) is 11.8. The van der Waals surface area contributed by atoms with Gasteiger partial charge in [0.15, 0.2) is 0 Å². The van der Waals surface area contributed by atoms with E-state index in [4.69, 9.17) is 27.7 Å². The fourth-order valence-electron chi connectivity index (χ4n) is 2.59. The molecule has 5 N–H and O–H groups in total. The van der Waals surface area contributed by atoms with Crippen molar-refractivity contribution < 1.29 is 23.9 Å². The van der Waals surface area contributed by atoms with Crippen molar-refractivity contribution in [2.75, 3.05) is 5.23 Å². The first kappa shape index (κ1) is 17.5. The summed E-state index contributed by atoms with van der Waals surface area (Å²) in [6, 6.07) is 7.98. The Morgan fingerprint density at radius 3 is 2.56 bits per heavy atom. The molecule has 0 radical (unpaired) electrons. The molecule has 0 amide bonds. The highest BCUT2D eigenvalue weighted by Crippen LogP contribution is 2.33. The van der Waals surface area contributed by atoms with Crippen molar-refractivity contribution in [2.24, 2.45) is 5.73 Å².